The zero-order valence-corrected chi connectivity index (χ0v) is 10.5. The maximum atomic E-state index is 11.6. The first-order chi connectivity index (χ1) is 8.97. The first kappa shape index (κ1) is 13.1. The summed E-state index contributed by atoms with van der Waals surface area (Å²) < 4.78 is 0. The minimum absolute atomic E-state index is 0.135. The average molecular weight is 261 g/mol. The Balaban J connectivity index is 2.15. The zero-order valence-electron chi connectivity index (χ0n) is 10.5. The van der Waals surface area contributed by atoms with Crippen molar-refractivity contribution in [2.45, 2.75) is 25.8 Å². The van der Waals surface area contributed by atoms with Crippen LogP contribution in [-0.4, -0.2) is 23.6 Å². The van der Waals surface area contributed by atoms with Gasteiger partial charge < -0.3 is 11.1 Å². The lowest BCUT2D eigenvalue weighted by Crippen LogP contribution is -2.47. The van der Waals surface area contributed by atoms with Crippen molar-refractivity contribution in [3.63, 3.8) is 0 Å². The zero-order chi connectivity index (χ0) is 14.0. The maximum absolute atomic E-state index is 11.6. The summed E-state index contributed by atoms with van der Waals surface area (Å²) in [6.45, 7) is 1.43. The molecule has 1 unspecified atom stereocenters. The Morgan fingerprint density at radius 2 is 2.16 bits per heavy atom. The second-order valence-corrected chi connectivity index (χ2v) is 4.51. The van der Waals surface area contributed by atoms with Gasteiger partial charge >= 0.3 is 0 Å². The molecule has 0 bridgehead atoms. The molecule has 1 aliphatic heterocycles. The normalized spacial score (nSPS) is 18.9. The number of benzene rings is 1. The molecule has 1 aromatic rings. The summed E-state index contributed by atoms with van der Waals surface area (Å²) in [4.78, 5) is 34.0. The molecule has 0 saturated carbocycles. The summed E-state index contributed by atoms with van der Waals surface area (Å²) in [6.07, 6.45) is 0.738. The topological polar surface area (TPSA) is 101 Å². The number of piperidine rings is 1. The van der Waals surface area contributed by atoms with Gasteiger partial charge in [0.15, 0.2) is 5.78 Å². The molecule has 1 fully saturated rings. The van der Waals surface area contributed by atoms with Crippen molar-refractivity contribution in [1.29, 1.82) is 0 Å². The number of nitrogens with two attached hydrogens (primary N) is 1. The van der Waals surface area contributed by atoms with Gasteiger partial charge in [-0.15, -0.1) is 0 Å². The quantitative estimate of drug-likeness (QED) is 0.422. The van der Waals surface area contributed by atoms with Crippen molar-refractivity contribution < 1.29 is 14.4 Å². The van der Waals surface area contributed by atoms with Gasteiger partial charge in [-0.05, 0) is 31.5 Å². The number of imide groups is 1. The van der Waals surface area contributed by atoms with E-state index >= 15 is 0 Å². The van der Waals surface area contributed by atoms with E-state index < -0.39 is 6.04 Å². The lowest BCUT2D eigenvalue weighted by atomic mass is 10.0. The lowest BCUT2D eigenvalue weighted by Gasteiger charge is -2.23. The molecule has 1 saturated heterocycles. The van der Waals surface area contributed by atoms with Crippen LogP contribution in [0.5, 0.6) is 0 Å². The minimum atomic E-state index is -0.471. The monoisotopic (exact) mass is 261 g/mol. The number of carbonyl (C=O) groups is 3. The molecule has 19 heavy (non-hydrogen) atoms. The fourth-order valence-electron chi connectivity index (χ4n) is 1.98. The predicted octanol–water partition coefficient (Wildman–Crippen LogP) is 0.688. The van der Waals surface area contributed by atoms with E-state index in [1.165, 1.54) is 6.92 Å². The molecule has 0 radical (unpaired) electrons. The van der Waals surface area contributed by atoms with Crippen molar-refractivity contribution in [1.82, 2.24) is 5.32 Å². The summed E-state index contributed by atoms with van der Waals surface area (Å²) in [5.41, 5.74) is 7.15. The lowest BCUT2D eigenvalue weighted by molar-refractivity contribution is -0.133. The fourth-order valence-corrected chi connectivity index (χ4v) is 1.98. The van der Waals surface area contributed by atoms with E-state index in [1.54, 1.807) is 18.2 Å². The van der Waals surface area contributed by atoms with Crippen LogP contribution in [0, 0.1) is 0 Å². The number of hydrogen-bond donors (Lipinski definition) is 3. The van der Waals surface area contributed by atoms with Gasteiger partial charge in [-0.1, -0.05) is 0 Å². The standard InChI is InChI=1S/C13H15N3O3/c1-7(17)9-6-8(2-3-10(9)14)15-11-4-5-12(18)16-13(11)19/h2-3,6,11,15H,4-5,14H2,1H3,(H,16,18,19). The van der Waals surface area contributed by atoms with E-state index in [0.29, 0.717) is 29.8 Å². The summed E-state index contributed by atoms with van der Waals surface area (Å²) in [7, 11) is 0. The second-order valence-electron chi connectivity index (χ2n) is 4.51. The maximum Gasteiger partial charge on any atom is 0.249 e. The molecule has 1 aliphatic rings. The Morgan fingerprint density at radius 3 is 2.79 bits per heavy atom. The highest BCUT2D eigenvalue weighted by atomic mass is 16.2. The number of nitrogens with one attached hydrogen (secondary N) is 2. The Bertz CT molecular complexity index is 554. The number of rotatable bonds is 3. The third-order valence-corrected chi connectivity index (χ3v) is 3.01. The molecule has 0 aliphatic carbocycles. The number of hydrogen-bond acceptors (Lipinski definition) is 5. The van der Waals surface area contributed by atoms with Gasteiger partial charge in [0.25, 0.3) is 0 Å². The van der Waals surface area contributed by atoms with Crippen LogP contribution in [-0.2, 0) is 9.59 Å². The molecule has 2 amide bonds. The molecule has 6 heteroatoms. The molecule has 0 spiro atoms. The van der Waals surface area contributed by atoms with E-state index in [-0.39, 0.29) is 17.6 Å². The predicted molar refractivity (Wildman–Crippen MR) is 70.7 cm³/mol. The van der Waals surface area contributed by atoms with Gasteiger partial charge in [-0.25, -0.2) is 0 Å². The van der Waals surface area contributed by atoms with Crippen LogP contribution in [0.2, 0.25) is 0 Å². The van der Waals surface area contributed by atoms with Crippen LogP contribution in [0.1, 0.15) is 30.1 Å². The SMILES string of the molecule is CC(=O)c1cc(NC2CCC(=O)NC2=O)ccc1N. The first-order valence-corrected chi connectivity index (χ1v) is 5.98. The molecule has 2 rings (SSSR count). The van der Waals surface area contributed by atoms with Gasteiger partial charge in [0, 0.05) is 23.4 Å². The third-order valence-electron chi connectivity index (χ3n) is 3.01. The van der Waals surface area contributed by atoms with E-state index in [2.05, 4.69) is 10.6 Å². The van der Waals surface area contributed by atoms with Crippen molar-refractivity contribution in [2.24, 2.45) is 0 Å². The molecule has 100 valence electrons. The van der Waals surface area contributed by atoms with Crippen molar-refractivity contribution in [3.05, 3.63) is 23.8 Å². The van der Waals surface area contributed by atoms with Crippen LogP contribution in [0.25, 0.3) is 0 Å². The molecular formula is C13H15N3O3. The second kappa shape index (κ2) is 5.09. The summed E-state index contributed by atoms with van der Waals surface area (Å²) >= 11 is 0. The van der Waals surface area contributed by atoms with Gasteiger partial charge in [0.2, 0.25) is 11.8 Å². The van der Waals surface area contributed by atoms with E-state index in [9.17, 15) is 14.4 Å². The molecule has 1 atom stereocenters. The highest BCUT2D eigenvalue weighted by Crippen LogP contribution is 2.20. The van der Waals surface area contributed by atoms with Crippen molar-refractivity contribution >= 4 is 29.0 Å². The minimum Gasteiger partial charge on any atom is -0.398 e. The highest BCUT2D eigenvalue weighted by molar-refractivity contribution is 6.02. The van der Waals surface area contributed by atoms with Crippen LogP contribution in [0.4, 0.5) is 11.4 Å². The third kappa shape index (κ3) is 2.90. The van der Waals surface area contributed by atoms with Crippen LogP contribution in [0.3, 0.4) is 0 Å². The van der Waals surface area contributed by atoms with Crippen molar-refractivity contribution in [3.8, 4) is 0 Å². The summed E-state index contributed by atoms with van der Waals surface area (Å²) in [5.74, 6) is -0.744. The van der Waals surface area contributed by atoms with Gasteiger partial charge in [0.1, 0.15) is 6.04 Å². The molecule has 6 nitrogen and oxygen atoms in total. The number of carbonyl (C=O) groups excluding carboxylic acids is 3. The first-order valence-electron chi connectivity index (χ1n) is 5.98. The summed E-state index contributed by atoms with van der Waals surface area (Å²) in [6, 6.07) is 4.46. The summed E-state index contributed by atoms with van der Waals surface area (Å²) in [5, 5.41) is 5.27. The van der Waals surface area contributed by atoms with Crippen LogP contribution >= 0.6 is 0 Å². The number of amides is 2. The van der Waals surface area contributed by atoms with Crippen molar-refractivity contribution in [2.75, 3.05) is 11.1 Å². The Kier molecular flexibility index (Phi) is 3.50. The average Bonchev–Trinajstić information content (AvgIpc) is 2.34. The number of nitrogen functional groups attached to an aromatic ring is 1. The van der Waals surface area contributed by atoms with E-state index in [1.807, 2.05) is 0 Å². The molecule has 1 heterocycles. The van der Waals surface area contributed by atoms with Crippen LogP contribution in [0.15, 0.2) is 18.2 Å². The Hall–Kier alpha value is -2.37. The highest BCUT2D eigenvalue weighted by Gasteiger charge is 2.26. The Labute approximate surface area is 110 Å². The largest absolute Gasteiger partial charge is 0.398 e. The number of ketones is 1. The molecule has 4 N–H and O–H groups in total. The van der Waals surface area contributed by atoms with Gasteiger partial charge in [0.05, 0.1) is 0 Å². The Morgan fingerprint density at radius 1 is 1.42 bits per heavy atom. The van der Waals surface area contributed by atoms with Gasteiger partial charge in [-0.2, -0.15) is 0 Å². The van der Waals surface area contributed by atoms with E-state index in [0.717, 1.165) is 0 Å². The van der Waals surface area contributed by atoms with Gasteiger partial charge in [-0.3, -0.25) is 19.7 Å². The molecule has 0 aromatic heterocycles. The van der Waals surface area contributed by atoms with E-state index in [4.69, 9.17) is 5.73 Å². The molecular weight excluding hydrogens is 246 g/mol. The van der Waals surface area contributed by atoms with Crippen LogP contribution < -0.4 is 16.4 Å². The number of anilines is 2. The number of Topliss-reactive ketones (excluding diaryl/α,β-unsaturated/α-hetero) is 1. The molecule has 1 aromatic carbocycles. The smallest absolute Gasteiger partial charge is 0.249 e. The fraction of sp³-hybridized carbons (Fsp3) is 0.308.